The van der Waals surface area contributed by atoms with Crippen molar-refractivity contribution in [3.05, 3.63) is 59.3 Å². The predicted molar refractivity (Wildman–Crippen MR) is 138 cm³/mol. The minimum atomic E-state index is 0.119. The van der Waals surface area contributed by atoms with Gasteiger partial charge in [0.25, 0.3) is 0 Å². The molecule has 6 rings (SSSR count). The summed E-state index contributed by atoms with van der Waals surface area (Å²) in [5.74, 6) is 2.85. The molecule has 1 aliphatic carbocycles. The molecule has 2 aliphatic rings. The Bertz CT molecular complexity index is 1450. The van der Waals surface area contributed by atoms with E-state index in [9.17, 15) is 0 Å². The molecule has 0 atom stereocenters. The van der Waals surface area contributed by atoms with Gasteiger partial charge in [-0.25, -0.2) is 19.5 Å². The minimum absolute atomic E-state index is 0.119. The molecular weight excluding hydrogens is 476 g/mol. The molecule has 4 aromatic rings. The summed E-state index contributed by atoms with van der Waals surface area (Å²) < 4.78 is 1.81. The molecule has 182 valence electrons. The Morgan fingerprint density at radius 1 is 1.11 bits per heavy atom. The van der Waals surface area contributed by atoms with Crippen molar-refractivity contribution >= 4 is 40.5 Å². The lowest BCUT2D eigenvalue weighted by molar-refractivity contribution is 0.522. The second kappa shape index (κ2) is 8.91. The average molecular weight is 501 g/mol. The van der Waals surface area contributed by atoms with Crippen LogP contribution in [0.2, 0.25) is 5.02 Å². The number of aromatic nitrogens is 6. The van der Waals surface area contributed by atoms with Crippen LogP contribution >= 0.6 is 11.6 Å². The van der Waals surface area contributed by atoms with Crippen molar-refractivity contribution in [1.29, 1.82) is 5.26 Å². The first-order chi connectivity index (χ1) is 17.5. The zero-order valence-electron chi connectivity index (χ0n) is 19.8. The number of anilines is 4. The number of rotatable bonds is 6. The predicted octanol–water partition coefficient (Wildman–Crippen LogP) is 4.32. The van der Waals surface area contributed by atoms with Crippen LogP contribution in [0.1, 0.15) is 44.0 Å². The summed E-state index contributed by atoms with van der Waals surface area (Å²) >= 11 is 6.42. The first kappa shape index (κ1) is 22.5. The molecule has 0 spiro atoms. The van der Waals surface area contributed by atoms with E-state index in [4.69, 9.17) is 21.8 Å². The zero-order chi connectivity index (χ0) is 24.7. The Balaban J connectivity index is 1.11. The Kier molecular flexibility index (Phi) is 5.57. The standard InChI is InChI=1S/C25H25ClN10/c1-25(7-8-25)23-32-21-12-18(6-11-36(21)34-23)31-24-29-15-19(26)22(33-24)30-17-4-9-35(10-5-17)20-3-2-16(13-27)14-28-20/h2-3,6,11-12,14-15,17H,4-5,7-10H2,1H3,(H2,29,30,31,33). The third-order valence-electron chi connectivity index (χ3n) is 6.91. The number of piperidine rings is 1. The van der Waals surface area contributed by atoms with Gasteiger partial charge in [0.2, 0.25) is 5.95 Å². The van der Waals surface area contributed by atoms with Crippen molar-refractivity contribution in [2.75, 3.05) is 28.6 Å². The quantitative estimate of drug-likeness (QED) is 0.398. The summed E-state index contributed by atoms with van der Waals surface area (Å²) in [6.45, 7) is 3.90. The zero-order valence-corrected chi connectivity index (χ0v) is 20.6. The van der Waals surface area contributed by atoms with E-state index in [2.05, 4.69) is 48.6 Å². The number of hydrogen-bond acceptors (Lipinski definition) is 9. The van der Waals surface area contributed by atoms with Crippen LogP contribution in [0.3, 0.4) is 0 Å². The minimum Gasteiger partial charge on any atom is -0.366 e. The smallest absolute Gasteiger partial charge is 0.229 e. The van der Waals surface area contributed by atoms with Crippen molar-refractivity contribution in [2.24, 2.45) is 0 Å². The fourth-order valence-electron chi connectivity index (χ4n) is 4.37. The highest BCUT2D eigenvalue weighted by atomic mass is 35.5. The molecule has 0 unspecified atom stereocenters. The van der Waals surface area contributed by atoms with Crippen LogP contribution in [-0.4, -0.2) is 48.7 Å². The SMILES string of the molecule is CC1(c2nc3cc(Nc4ncc(Cl)c(NC5CCN(c6ccc(C#N)cn6)CC5)n4)ccn3n2)CC1. The van der Waals surface area contributed by atoms with Crippen LogP contribution in [0.4, 0.5) is 23.3 Å². The lowest BCUT2D eigenvalue weighted by Crippen LogP contribution is -2.39. The van der Waals surface area contributed by atoms with Crippen LogP contribution in [0.5, 0.6) is 0 Å². The van der Waals surface area contributed by atoms with Gasteiger partial charge in [-0.15, -0.1) is 0 Å². The van der Waals surface area contributed by atoms with Crippen LogP contribution in [0.25, 0.3) is 5.65 Å². The maximum absolute atomic E-state index is 8.97. The van der Waals surface area contributed by atoms with Crippen molar-refractivity contribution < 1.29 is 0 Å². The van der Waals surface area contributed by atoms with Gasteiger partial charge in [-0.2, -0.15) is 15.3 Å². The maximum Gasteiger partial charge on any atom is 0.229 e. The van der Waals surface area contributed by atoms with E-state index in [0.29, 0.717) is 22.4 Å². The molecule has 1 aliphatic heterocycles. The number of nitrogens with zero attached hydrogens (tertiary/aromatic N) is 8. The first-order valence-electron chi connectivity index (χ1n) is 12.0. The highest BCUT2D eigenvalue weighted by molar-refractivity contribution is 6.32. The molecule has 36 heavy (non-hydrogen) atoms. The summed E-state index contributed by atoms with van der Waals surface area (Å²) in [6.07, 6.45) is 9.21. The van der Waals surface area contributed by atoms with Gasteiger partial charge >= 0.3 is 0 Å². The van der Waals surface area contributed by atoms with Crippen molar-refractivity contribution in [3.63, 3.8) is 0 Å². The number of halogens is 1. The molecule has 0 amide bonds. The number of fused-ring (bicyclic) bond motifs is 1. The fourth-order valence-corrected chi connectivity index (χ4v) is 4.51. The second-order valence-corrected chi connectivity index (χ2v) is 10.1. The molecule has 11 heteroatoms. The maximum atomic E-state index is 8.97. The largest absolute Gasteiger partial charge is 0.366 e. The normalized spacial score (nSPS) is 17.1. The molecule has 0 bridgehead atoms. The van der Waals surface area contributed by atoms with Gasteiger partial charge in [0, 0.05) is 48.7 Å². The lowest BCUT2D eigenvalue weighted by atomic mass is 10.0. The molecule has 2 N–H and O–H groups in total. The monoisotopic (exact) mass is 500 g/mol. The summed E-state index contributed by atoms with van der Waals surface area (Å²) in [5.41, 5.74) is 2.31. The van der Waals surface area contributed by atoms with Crippen molar-refractivity contribution in [2.45, 2.75) is 44.1 Å². The third-order valence-corrected chi connectivity index (χ3v) is 7.19. The van der Waals surface area contributed by atoms with E-state index >= 15 is 0 Å². The number of nitrogens with one attached hydrogen (secondary N) is 2. The van der Waals surface area contributed by atoms with Gasteiger partial charge in [-0.05, 0) is 43.9 Å². The number of nitriles is 1. The molecular formula is C25H25ClN10. The Morgan fingerprint density at radius 3 is 2.67 bits per heavy atom. The molecule has 5 heterocycles. The van der Waals surface area contributed by atoms with E-state index in [1.54, 1.807) is 23.0 Å². The van der Waals surface area contributed by atoms with E-state index in [1.165, 1.54) is 0 Å². The molecule has 2 fully saturated rings. The third kappa shape index (κ3) is 4.50. The molecule has 0 radical (unpaired) electrons. The van der Waals surface area contributed by atoms with Gasteiger partial charge < -0.3 is 15.5 Å². The number of pyridine rings is 2. The van der Waals surface area contributed by atoms with Crippen molar-refractivity contribution in [3.8, 4) is 6.07 Å². The van der Waals surface area contributed by atoms with Crippen molar-refractivity contribution in [1.82, 2.24) is 29.5 Å². The van der Waals surface area contributed by atoms with E-state index in [1.807, 2.05) is 24.4 Å². The lowest BCUT2D eigenvalue weighted by Gasteiger charge is -2.33. The number of hydrogen-bond donors (Lipinski definition) is 2. The van der Waals surface area contributed by atoms with Gasteiger partial charge in [-0.3, -0.25) is 0 Å². The Morgan fingerprint density at radius 2 is 1.94 bits per heavy atom. The van der Waals surface area contributed by atoms with Crippen LogP contribution in [-0.2, 0) is 5.41 Å². The Labute approximate surface area is 213 Å². The molecule has 4 aromatic heterocycles. The van der Waals surface area contributed by atoms with Gasteiger partial charge in [0.05, 0.1) is 11.8 Å². The average Bonchev–Trinajstić information content (AvgIpc) is 3.50. The highest BCUT2D eigenvalue weighted by Crippen LogP contribution is 2.46. The first-order valence-corrected chi connectivity index (χ1v) is 12.4. The van der Waals surface area contributed by atoms with E-state index < -0.39 is 0 Å². The van der Waals surface area contributed by atoms with E-state index in [-0.39, 0.29) is 11.5 Å². The van der Waals surface area contributed by atoms with Crippen LogP contribution < -0.4 is 15.5 Å². The molecule has 1 saturated carbocycles. The highest BCUT2D eigenvalue weighted by Gasteiger charge is 2.43. The molecule has 0 aromatic carbocycles. The Hall–Kier alpha value is -3.97. The summed E-state index contributed by atoms with van der Waals surface area (Å²) in [5, 5.41) is 20.8. The second-order valence-electron chi connectivity index (χ2n) is 9.65. The molecule has 1 saturated heterocycles. The van der Waals surface area contributed by atoms with Gasteiger partial charge in [-0.1, -0.05) is 18.5 Å². The summed E-state index contributed by atoms with van der Waals surface area (Å²) in [7, 11) is 0. The fraction of sp³-hybridized carbons (Fsp3) is 0.360. The summed E-state index contributed by atoms with van der Waals surface area (Å²) in [4.78, 5) is 20.3. The summed E-state index contributed by atoms with van der Waals surface area (Å²) in [6, 6.07) is 9.91. The van der Waals surface area contributed by atoms with Crippen LogP contribution in [0.15, 0.2) is 42.9 Å². The van der Waals surface area contributed by atoms with E-state index in [0.717, 1.165) is 61.7 Å². The van der Waals surface area contributed by atoms with Crippen LogP contribution in [0, 0.1) is 11.3 Å². The topological polar surface area (TPSA) is 120 Å². The molecule has 10 nitrogen and oxygen atoms in total. The van der Waals surface area contributed by atoms with Gasteiger partial charge in [0.15, 0.2) is 17.3 Å². The van der Waals surface area contributed by atoms with Gasteiger partial charge in [0.1, 0.15) is 16.9 Å².